The van der Waals surface area contributed by atoms with Crippen LogP contribution in [0.1, 0.15) is 56.9 Å². The largest absolute Gasteiger partial charge is 0.343 e. The first-order valence-corrected chi connectivity index (χ1v) is 14.7. The predicted molar refractivity (Wildman–Crippen MR) is 164 cm³/mol. The number of aromatic nitrogens is 2. The van der Waals surface area contributed by atoms with Crippen molar-refractivity contribution in [3.05, 3.63) is 71.4 Å². The Morgan fingerprint density at radius 3 is 2.37 bits per heavy atom. The number of aryl methyl sites for hydroxylation is 1. The average Bonchev–Trinajstić information content (AvgIpc) is 3.51. The van der Waals surface area contributed by atoms with E-state index in [0.29, 0.717) is 30.5 Å². The fourth-order valence-electron chi connectivity index (χ4n) is 5.40. The third-order valence-electron chi connectivity index (χ3n) is 7.91. The summed E-state index contributed by atoms with van der Waals surface area (Å²) in [5, 5.41) is 15.4. The number of hydrogen-bond acceptors (Lipinski definition) is 5. The van der Waals surface area contributed by atoms with Crippen LogP contribution < -0.4 is 21.3 Å². The van der Waals surface area contributed by atoms with Crippen molar-refractivity contribution >= 4 is 35.4 Å². The molecule has 0 bridgehead atoms. The van der Waals surface area contributed by atoms with Crippen LogP contribution in [-0.4, -0.2) is 57.7 Å². The topological polar surface area (TPSA) is 137 Å². The third-order valence-corrected chi connectivity index (χ3v) is 7.91. The normalized spacial score (nSPS) is 17.4. The van der Waals surface area contributed by atoms with Crippen molar-refractivity contribution in [2.24, 2.45) is 5.92 Å². The van der Waals surface area contributed by atoms with Crippen LogP contribution >= 0.6 is 0 Å². The number of carbonyl (C=O) groups excluding carboxylic acids is 4. The maximum atomic E-state index is 13.1. The Balaban J connectivity index is 1.17. The fourth-order valence-corrected chi connectivity index (χ4v) is 5.40. The lowest BCUT2D eigenvalue weighted by Gasteiger charge is -2.32. The number of imide groups is 1. The van der Waals surface area contributed by atoms with Crippen LogP contribution in [0.2, 0.25) is 0 Å². The van der Waals surface area contributed by atoms with Gasteiger partial charge in [0.25, 0.3) is 5.91 Å². The van der Waals surface area contributed by atoms with Crippen molar-refractivity contribution in [1.82, 2.24) is 25.3 Å². The van der Waals surface area contributed by atoms with E-state index in [1.54, 1.807) is 9.58 Å². The fraction of sp³-hybridized carbons (Fsp3) is 0.406. The Morgan fingerprint density at radius 1 is 1.00 bits per heavy atom. The van der Waals surface area contributed by atoms with Crippen molar-refractivity contribution in [3.63, 3.8) is 0 Å². The molecule has 43 heavy (non-hydrogen) atoms. The van der Waals surface area contributed by atoms with Gasteiger partial charge in [-0.05, 0) is 61.9 Å². The van der Waals surface area contributed by atoms with E-state index in [9.17, 15) is 19.2 Å². The molecule has 3 heterocycles. The molecule has 5 rings (SSSR count). The van der Waals surface area contributed by atoms with E-state index in [1.165, 1.54) is 0 Å². The van der Waals surface area contributed by atoms with Gasteiger partial charge in [-0.3, -0.25) is 20.2 Å². The molecule has 2 saturated heterocycles. The van der Waals surface area contributed by atoms with Crippen LogP contribution in [0.5, 0.6) is 0 Å². The highest BCUT2D eigenvalue weighted by Gasteiger charge is 2.33. The van der Waals surface area contributed by atoms with Gasteiger partial charge in [-0.1, -0.05) is 50.6 Å². The van der Waals surface area contributed by atoms with Crippen molar-refractivity contribution in [1.29, 1.82) is 0 Å². The highest BCUT2D eigenvalue weighted by molar-refractivity contribution is 6.05. The van der Waals surface area contributed by atoms with E-state index in [2.05, 4.69) is 42.0 Å². The molecule has 11 nitrogen and oxygen atoms in total. The molecular formula is C32H39N7O4. The lowest BCUT2D eigenvalue weighted by atomic mass is 9.90. The third kappa shape index (κ3) is 7.40. The number of nitrogens with one attached hydrogen (secondary N) is 4. The summed E-state index contributed by atoms with van der Waals surface area (Å²) in [6.07, 6.45) is 2.48. The quantitative estimate of drug-likeness (QED) is 0.303. The Bertz CT molecular complexity index is 1520. The Labute approximate surface area is 251 Å². The molecule has 2 aliphatic heterocycles. The molecule has 0 spiro atoms. The highest BCUT2D eigenvalue weighted by atomic mass is 16.2. The van der Waals surface area contributed by atoms with Gasteiger partial charge in [0.2, 0.25) is 5.91 Å². The summed E-state index contributed by atoms with van der Waals surface area (Å²) in [5.41, 5.74) is 4.48. The molecule has 0 aliphatic carbocycles. The summed E-state index contributed by atoms with van der Waals surface area (Å²) < 4.78 is 1.76. The molecule has 11 heteroatoms. The summed E-state index contributed by atoms with van der Waals surface area (Å²) in [6.45, 7) is 9.50. The molecule has 226 valence electrons. The molecule has 2 aromatic carbocycles. The number of piperidine rings is 1. The van der Waals surface area contributed by atoms with Crippen molar-refractivity contribution < 1.29 is 19.2 Å². The van der Waals surface area contributed by atoms with Crippen LogP contribution in [0, 0.1) is 12.8 Å². The van der Waals surface area contributed by atoms with E-state index in [4.69, 9.17) is 5.10 Å². The highest BCUT2D eigenvalue weighted by Crippen LogP contribution is 2.27. The maximum Gasteiger partial charge on any atom is 0.324 e. The van der Waals surface area contributed by atoms with Gasteiger partial charge in [-0.25, -0.2) is 14.3 Å². The molecular weight excluding hydrogens is 546 g/mol. The van der Waals surface area contributed by atoms with E-state index in [-0.39, 0.29) is 23.8 Å². The van der Waals surface area contributed by atoms with Gasteiger partial charge < -0.3 is 15.5 Å². The number of nitrogens with zero attached hydrogens (tertiary/aromatic N) is 3. The van der Waals surface area contributed by atoms with Crippen molar-refractivity contribution in [3.8, 4) is 5.69 Å². The molecule has 1 aromatic heterocycles. The summed E-state index contributed by atoms with van der Waals surface area (Å²) in [5.74, 6) is 0.389. The van der Waals surface area contributed by atoms with E-state index in [1.807, 2.05) is 61.5 Å². The Morgan fingerprint density at radius 2 is 1.72 bits per heavy atom. The molecule has 0 saturated carbocycles. The summed E-state index contributed by atoms with van der Waals surface area (Å²) >= 11 is 0. The molecule has 1 atom stereocenters. The van der Waals surface area contributed by atoms with Crippen LogP contribution in [0.4, 0.5) is 21.1 Å². The monoisotopic (exact) mass is 585 g/mol. The second kappa shape index (κ2) is 12.3. The first-order valence-electron chi connectivity index (χ1n) is 14.7. The minimum Gasteiger partial charge on any atom is -0.343 e. The first kappa shape index (κ1) is 29.8. The number of likely N-dealkylation sites (tertiary alicyclic amines) is 1. The zero-order valence-electron chi connectivity index (χ0n) is 25.1. The summed E-state index contributed by atoms with van der Waals surface area (Å²) in [4.78, 5) is 50.6. The lowest BCUT2D eigenvalue weighted by Crippen LogP contribution is -2.42. The molecule has 2 fully saturated rings. The zero-order valence-corrected chi connectivity index (χ0v) is 25.1. The average molecular weight is 586 g/mol. The summed E-state index contributed by atoms with van der Waals surface area (Å²) in [6, 6.07) is 16.0. The van der Waals surface area contributed by atoms with Gasteiger partial charge in [0, 0.05) is 30.3 Å². The lowest BCUT2D eigenvalue weighted by molar-refractivity contribution is -0.135. The van der Waals surface area contributed by atoms with Crippen LogP contribution in [-0.2, 0) is 21.4 Å². The number of anilines is 2. The van der Waals surface area contributed by atoms with Crippen LogP contribution in [0.25, 0.3) is 5.69 Å². The summed E-state index contributed by atoms with van der Waals surface area (Å²) in [7, 11) is 0. The second-order valence-electron chi connectivity index (χ2n) is 12.4. The van der Waals surface area contributed by atoms with Crippen molar-refractivity contribution in [2.75, 3.05) is 23.7 Å². The smallest absolute Gasteiger partial charge is 0.324 e. The standard InChI is InChI=1S/C32H39N7O4/c1-20-8-10-24(11-9-20)39-27(19-26(37-39)32(2,3)4)35-30(42)33-23-7-5-6-22(17-23)16-21-12-14-38(15-13-21)28(40)18-25-29(41)36-31(43)34-25/h5-11,17,19,21,25H,12-16,18H2,1-4H3,(H2,33,35,42)(H2,34,36,41,43). The number of urea groups is 2. The van der Waals surface area contributed by atoms with Gasteiger partial charge >= 0.3 is 12.1 Å². The Hall–Kier alpha value is -4.67. The minimum atomic E-state index is -0.797. The van der Waals surface area contributed by atoms with E-state index < -0.39 is 18.0 Å². The van der Waals surface area contributed by atoms with Gasteiger partial charge in [0.05, 0.1) is 17.8 Å². The molecule has 1 unspecified atom stereocenters. The number of rotatable bonds is 7. The van der Waals surface area contributed by atoms with Gasteiger partial charge in [-0.2, -0.15) is 5.10 Å². The SMILES string of the molecule is Cc1ccc(-n2nc(C(C)(C)C)cc2NC(=O)Nc2cccc(CC3CCN(C(=O)CC4NC(=O)NC4=O)CC3)c2)cc1. The van der Waals surface area contributed by atoms with E-state index in [0.717, 1.165) is 41.8 Å². The number of carbonyl (C=O) groups is 4. The van der Waals surface area contributed by atoms with Crippen molar-refractivity contribution in [2.45, 2.75) is 64.8 Å². The molecule has 2 aliphatic rings. The molecule has 3 aromatic rings. The number of benzene rings is 2. The second-order valence-corrected chi connectivity index (χ2v) is 12.4. The van der Waals surface area contributed by atoms with Crippen LogP contribution in [0.15, 0.2) is 54.6 Å². The first-order chi connectivity index (χ1) is 20.4. The number of hydrogen-bond donors (Lipinski definition) is 4. The number of amides is 6. The zero-order chi connectivity index (χ0) is 30.7. The van der Waals surface area contributed by atoms with Crippen LogP contribution in [0.3, 0.4) is 0 Å². The molecule has 4 N–H and O–H groups in total. The Kier molecular flexibility index (Phi) is 8.52. The predicted octanol–water partition coefficient (Wildman–Crippen LogP) is 4.50. The van der Waals surface area contributed by atoms with Gasteiger partial charge in [-0.15, -0.1) is 0 Å². The maximum absolute atomic E-state index is 13.1. The molecule has 6 amide bonds. The van der Waals surface area contributed by atoms with E-state index >= 15 is 0 Å². The minimum absolute atomic E-state index is 0.0264. The van der Waals surface area contributed by atoms with Gasteiger partial charge in [0.1, 0.15) is 11.9 Å². The van der Waals surface area contributed by atoms with Gasteiger partial charge in [0.15, 0.2) is 0 Å². The molecule has 0 radical (unpaired) electrons.